The molecule has 2 aliphatic heterocycles. The van der Waals surface area contributed by atoms with Crippen LogP contribution in [0, 0.1) is 0 Å². The number of hydrogen-bond acceptors (Lipinski definition) is 3. The van der Waals surface area contributed by atoms with E-state index in [2.05, 4.69) is 17.6 Å². The van der Waals surface area contributed by atoms with E-state index in [1.807, 2.05) is 6.92 Å². The van der Waals surface area contributed by atoms with E-state index in [9.17, 15) is 9.59 Å². The van der Waals surface area contributed by atoms with Crippen molar-refractivity contribution in [3.05, 3.63) is 0 Å². The van der Waals surface area contributed by atoms with Crippen LogP contribution in [0.3, 0.4) is 0 Å². The number of likely N-dealkylation sites (tertiary alicyclic amines) is 1. The maximum absolute atomic E-state index is 12.5. The Morgan fingerprint density at radius 3 is 2.71 bits per heavy atom. The van der Waals surface area contributed by atoms with Crippen molar-refractivity contribution >= 4 is 24.2 Å². The first-order valence-corrected chi connectivity index (χ1v) is 7.95. The summed E-state index contributed by atoms with van der Waals surface area (Å²) in [4.78, 5) is 26.2. The molecule has 2 amide bonds. The van der Waals surface area contributed by atoms with Crippen molar-refractivity contribution in [1.29, 1.82) is 0 Å². The first-order valence-electron chi connectivity index (χ1n) is 7.95. The fourth-order valence-corrected chi connectivity index (χ4v) is 3.27. The van der Waals surface area contributed by atoms with Crippen molar-refractivity contribution < 1.29 is 9.59 Å². The molecule has 2 fully saturated rings. The molecule has 0 saturated carbocycles. The standard InChI is InChI=1S/C15H27N3O2.ClH/c1-3-14(19)18-9-5-4-6-13(18)15(20)17-12-7-8-16-11(2)10-12;/h11-13,16H,3-10H2,1-2H3,(H,17,20);1H. The highest BCUT2D eigenvalue weighted by Gasteiger charge is 2.32. The smallest absolute Gasteiger partial charge is 0.243 e. The van der Waals surface area contributed by atoms with Gasteiger partial charge in [0.2, 0.25) is 11.8 Å². The molecule has 0 radical (unpaired) electrons. The van der Waals surface area contributed by atoms with Gasteiger partial charge < -0.3 is 15.5 Å². The monoisotopic (exact) mass is 317 g/mol. The Bertz CT molecular complexity index is 365. The van der Waals surface area contributed by atoms with Crippen molar-refractivity contribution in [2.24, 2.45) is 0 Å². The molecule has 0 aromatic rings. The van der Waals surface area contributed by atoms with E-state index in [1.165, 1.54) is 0 Å². The Morgan fingerprint density at radius 1 is 1.29 bits per heavy atom. The van der Waals surface area contributed by atoms with Crippen LogP contribution in [0.2, 0.25) is 0 Å². The summed E-state index contributed by atoms with van der Waals surface area (Å²) in [5.41, 5.74) is 0. The lowest BCUT2D eigenvalue weighted by atomic mass is 9.97. The number of hydrogen-bond donors (Lipinski definition) is 2. The number of carbonyl (C=O) groups excluding carboxylic acids is 2. The van der Waals surface area contributed by atoms with Crippen LogP contribution in [-0.4, -0.2) is 47.9 Å². The number of carbonyl (C=O) groups is 2. The summed E-state index contributed by atoms with van der Waals surface area (Å²) in [5.74, 6) is 0.147. The third-order valence-corrected chi connectivity index (χ3v) is 4.40. The molecular weight excluding hydrogens is 290 g/mol. The SMILES string of the molecule is CCC(=O)N1CCCCC1C(=O)NC1CCNC(C)C1.Cl. The molecule has 3 unspecified atom stereocenters. The Kier molecular flexibility index (Phi) is 7.46. The Balaban J connectivity index is 0.00000220. The van der Waals surface area contributed by atoms with Gasteiger partial charge in [-0.25, -0.2) is 0 Å². The molecule has 0 bridgehead atoms. The Hall–Kier alpha value is -0.810. The fourth-order valence-electron chi connectivity index (χ4n) is 3.27. The number of halogens is 1. The van der Waals surface area contributed by atoms with Crippen LogP contribution in [0.5, 0.6) is 0 Å². The zero-order valence-corrected chi connectivity index (χ0v) is 13.9. The van der Waals surface area contributed by atoms with E-state index in [4.69, 9.17) is 0 Å². The lowest BCUT2D eigenvalue weighted by molar-refractivity contribution is -0.142. The summed E-state index contributed by atoms with van der Waals surface area (Å²) in [5, 5.41) is 6.54. The van der Waals surface area contributed by atoms with Gasteiger partial charge in [0.25, 0.3) is 0 Å². The summed E-state index contributed by atoms with van der Waals surface area (Å²) in [6, 6.07) is 0.453. The molecule has 0 spiro atoms. The summed E-state index contributed by atoms with van der Waals surface area (Å²) in [6.45, 7) is 5.69. The van der Waals surface area contributed by atoms with Gasteiger partial charge in [-0.05, 0) is 45.6 Å². The first-order chi connectivity index (χ1) is 9.61. The highest BCUT2D eigenvalue weighted by atomic mass is 35.5. The molecule has 0 aromatic heterocycles. The van der Waals surface area contributed by atoms with Crippen LogP contribution < -0.4 is 10.6 Å². The molecule has 5 nitrogen and oxygen atoms in total. The predicted octanol–water partition coefficient (Wildman–Crippen LogP) is 1.46. The molecule has 122 valence electrons. The highest BCUT2D eigenvalue weighted by Crippen LogP contribution is 2.19. The maximum atomic E-state index is 12.5. The van der Waals surface area contributed by atoms with Gasteiger partial charge in [-0.1, -0.05) is 6.92 Å². The zero-order valence-electron chi connectivity index (χ0n) is 13.1. The lowest BCUT2D eigenvalue weighted by Crippen LogP contribution is -2.55. The minimum atomic E-state index is -0.249. The number of piperidine rings is 2. The van der Waals surface area contributed by atoms with Crippen molar-refractivity contribution in [3.63, 3.8) is 0 Å². The van der Waals surface area contributed by atoms with E-state index >= 15 is 0 Å². The second-order valence-corrected chi connectivity index (χ2v) is 6.04. The normalized spacial score (nSPS) is 29.4. The van der Waals surface area contributed by atoms with Crippen LogP contribution in [0.4, 0.5) is 0 Å². The van der Waals surface area contributed by atoms with E-state index in [-0.39, 0.29) is 36.3 Å². The number of nitrogens with one attached hydrogen (secondary N) is 2. The molecule has 2 N–H and O–H groups in total. The summed E-state index contributed by atoms with van der Waals surface area (Å²) in [6.07, 6.45) is 5.28. The van der Waals surface area contributed by atoms with Crippen LogP contribution in [-0.2, 0) is 9.59 Å². The minimum Gasteiger partial charge on any atom is -0.351 e. The van der Waals surface area contributed by atoms with Gasteiger partial charge in [-0.2, -0.15) is 0 Å². The molecule has 0 aromatic carbocycles. The molecular formula is C15H28ClN3O2. The lowest BCUT2D eigenvalue weighted by Gasteiger charge is -2.36. The quantitative estimate of drug-likeness (QED) is 0.828. The molecule has 2 rings (SSSR count). The summed E-state index contributed by atoms with van der Waals surface area (Å²) < 4.78 is 0. The van der Waals surface area contributed by atoms with Crippen molar-refractivity contribution in [2.45, 2.75) is 70.5 Å². The minimum absolute atomic E-state index is 0. The van der Waals surface area contributed by atoms with E-state index in [1.54, 1.807) is 4.90 Å². The van der Waals surface area contributed by atoms with Gasteiger partial charge in [-0.3, -0.25) is 9.59 Å². The van der Waals surface area contributed by atoms with Gasteiger partial charge in [0.1, 0.15) is 6.04 Å². The predicted molar refractivity (Wildman–Crippen MR) is 85.5 cm³/mol. The van der Waals surface area contributed by atoms with Crippen molar-refractivity contribution in [2.75, 3.05) is 13.1 Å². The Labute approximate surface area is 133 Å². The zero-order chi connectivity index (χ0) is 14.5. The van der Waals surface area contributed by atoms with Crippen LogP contribution in [0.1, 0.15) is 52.4 Å². The van der Waals surface area contributed by atoms with Gasteiger partial charge >= 0.3 is 0 Å². The van der Waals surface area contributed by atoms with Gasteiger partial charge in [0, 0.05) is 25.0 Å². The fraction of sp³-hybridized carbons (Fsp3) is 0.867. The largest absolute Gasteiger partial charge is 0.351 e. The average Bonchev–Trinajstić information content (AvgIpc) is 2.46. The average molecular weight is 318 g/mol. The molecule has 2 heterocycles. The molecule has 3 atom stereocenters. The second-order valence-electron chi connectivity index (χ2n) is 6.04. The third kappa shape index (κ3) is 4.85. The van der Waals surface area contributed by atoms with E-state index in [0.29, 0.717) is 12.5 Å². The molecule has 0 aliphatic carbocycles. The van der Waals surface area contributed by atoms with Crippen molar-refractivity contribution in [3.8, 4) is 0 Å². The topological polar surface area (TPSA) is 61.4 Å². The third-order valence-electron chi connectivity index (χ3n) is 4.40. The van der Waals surface area contributed by atoms with Crippen LogP contribution in [0.15, 0.2) is 0 Å². The second kappa shape index (κ2) is 8.59. The summed E-state index contributed by atoms with van der Waals surface area (Å²) >= 11 is 0. The van der Waals surface area contributed by atoms with Gasteiger partial charge in [0.15, 0.2) is 0 Å². The first kappa shape index (κ1) is 18.2. The molecule has 2 aliphatic rings. The van der Waals surface area contributed by atoms with Crippen LogP contribution >= 0.6 is 12.4 Å². The molecule has 6 heteroatoms. The maximum Gasteiger partial charge on any atom is 0.243 e. The summed E-state index contributed by atoms with van der Waals surface area (Å²) in [7, 11) is 0. The van der Waals surface area contributed by atoms with Gasteiger partial charge in [-0.15, -0.1) is 12.4 Å². The van der Waals surface area contributed by atoms with Gasteiger partial charge in [0.05, 0.1) is 0 Å². The van der Waals surface area contributed by atoms with Crippen LogP contribution in [0.25, 0.3) is 0 Å². The molecule has 21 heavy (non-hydrogen) atoms. The van der Waals surface area contributed by atoms with E-state index < -0.39 is 0 Å². The number of rotatable bonds is 3. The number of amides is 2. The highest BCUT2D eigenvalue weighted by molar-refractivity contribution is 5.88. The molecule has 2 saturated heterocycles. The number of nitrogens with zero attached hydrogens (tertiary/aromatic N) is 1. The van der Waals surface area contributed by atoms with Crippen molar-refractivity contribution in [1.82, 2.24) is 15.5 Å². The Morgan fingerprint density at radius 2 is 2.05 bits per heavy atom. The van der Waals surface area contributed by atoms with E-state index in [0.717, 1.165) is 45.2 Å².